The first kappa shape index (κ1) is 18.4. The standard InChI is InChI=1S/C18H17ClN2O4/c1-24-16-10-12(6-8-15(16)25-11-17(20)22)7-9-18(23)21-14-5-3-2-4-13(14)19/h2-10H,11H2,1H3,(H2,20,22)(H,21,23)/b9-7+. The van der Waals surface area contributed by atoms with Crippen LogP contribution in [0.5, 0.6) is 11.5 Å². The normalized spacial score (nSPS) is 10.5. The van der Waals surface area contributed by atoms with Crippen molar-refractivity contribution in [2.75, 3.05) is 19.0 Å². The van der Waals surface area contributed by atoms with Gasteiger partial charge in [0, 0.05) is 6.08 Å². The van der Waals surface area contributed by atoms with Gasteiger partial charge >= 0.3 is 0 Å². The van der Waals surface area contributed by atoms with Crippen molar-refractivity contribution < 1.29 is 19.1 Å². The Labute approximate surface area is 150 Å². The lowest BCUT2D eigenvalue weighted by molar-refractivity contribution is -0.120. The minimum absolute atomic E-state index is 0.244. The summed E-state index contributed by atoms with van der Waals surface area (Å²) >= 11 is 5.99. The van der Waals surface area contributed by atoms with Crippen molar-refractivity contribution in [1.29, 1.82) is 0 Å². The van der Waals surface area contributed by atoms with Gasteiger partial charge in [-0.3, -0.25) is 9.59 Å². The number of nitrogens with one attached hydrogen (secondary N) is 1. The van der Waals surface area contributed by atoms with Gasteiger partial charge in [0.05, 0.1) is 17.8 Å². The number of halogens is 1. The molecule has 0 aliphatic heterocycles. The molecule has 0 fully saturated rings. The number of hydrogen-bond donors (Lipinski definition) is 2. The van der Waals surface area contributed by atoms with Gasteiger partial charge < -0.3 is 20.5 Å². The third-order valence-corrected chi connectivity index (χ3v) is 3.45. The van der Waals surface area contributed by atoms with E-state index in [-0.39, 0.29) is 12.5 Å². The average Bonchev–Trinajstić information content (AvgIpc) is 2.60. The van der Waals surface area contributed by atoms with E-state index in [1.807, 2.05) is 0 Å². The maximum atomic E-state index is 12.0. The number of carbonyl (C=O) groups is 2. The van der Waals surface area contributed by atoms with Gasteiger partial charge in [-0.2, -0.15) is 0 Å². The van der Waals surface area contributed by atoms with Crippen molar-refractivity contribution in [2.24, 2.45) is 5.73 Å². The monoisotopic (exact) mass is 360 g/mol. The van der Waals surface area contributed by atoms with Gasteiger partial charge in [-0.15, -0.1) is 0 Å². The maximum Gasteiger partial charge on any atom is 0.255 e. The number of ether oxygens (including phenoxy) is 2. The Hall–Kier alpha value is -2.99. The summed E-state index contributed by atoms with van der Waals surface area (Å²) in [6.07, 6.45) is 2.99. The van der Waals surface area contributed by atoms with Crippen molar-refractivity contribution in [3.05, 3.63) is 59.1 Å². The molecule has 0 radical (unpaired) electrons. The van der Waals surface area contributed by atoms with Crippen molar-refractivity contribution in [3.8, 4) is 11.5 Å². The number of rotatable bonds is 7. The van der Waals surface area contributed by atoms with Gasteiger partial charge in [-0.05, 0) is 35.9 Å². The molecule has 0 unspecified atom stereocenters. The molecule has 0 atom stereocenters. The van der Waals surface area contributed by atoms with E-state index in [4.69, 9.17) is 26.8 Å². The zero-order valence-electron chi connectivity index (χ0n) is 13.5. The Morgan fingerprint density at radius 1 is 1.20 bits per heavy atom. The fraction of sp³-hybridized carbons (Fsp3) is 0.111. The molecule has 2 aromatic carbocycles. The third kappa shape index (κ3) is 5.54. The third-order valence-electron chi connectivity index (χ3n) is 3.12. The average molecular weight is 361 g/mol. The first-order valence-electron chi connectivity index (χ1n) is 7.32. The molecular formula is C18H17ClN2O4. The lowest BCUT2D eigenvalue weighted by Gasteiger charge is -2.10. The lowest BCUT2D eigenvalue weighted by atomic mass is 10.2. The van der Waals surface area contributed by atoms with E-state index in [2.05, 4.69) is 5.32 Å². The molecule has 0 heterocycles. The van der Waals surface area contributed by atoms with Crippen molar-refractivity contribution in [3.63, 3.8) is 0 Å². The fourth-order valence-electron chi connectivity index (χ4n) is 1.96. The van der Waals surface area contributed by atoms with E-state index >= 15 is 0 Å². The van der Waals surface area contributed by atoms with Gasteiger partial charge in [0.2, 0.25) is 5.91 Å². The van der Waals surface area contributed by atoms with Crippen molar-refractivity contribution in [1.82, 2.24) is 0 Å². The summed E-state index contributed by atoms with van der Waals surface area (Å²) in [6.45, 7) is -0.244. The van der Waals surface area contributed by atoms with Crippen LogP contribution in [-0.2, 0) is 9.59 Å². The number of carbonyl (C=O) groups excluding carboxylic acids is 2. The summed E-state index contributed by atoms with van der Waals surface area (Å²) < 4.78 is 10.5. The second-order valence-corrected chi connectivity index (χ2v) is 5.37. The molecule has 0 aromatic heterocycles. The van der Waals surface area contributed by atoms with Crippen molar-refractivity contribution in [2.45, 2.75) is 0 Å². The number of nitrogens with two attached hydrogens (primary N) is 1. The van der Waals surface area contributed by atoms with Crippen LogP contribution in [0.25, 0.3) is 6.08 Å². The number of amides is 2. The smallest absolute Gasteiger partial charge is 0.255 e. The minimum Gasteiger partial charge on any atom is -0.493 e. The second-order valence-electron chi connectivity index (χ2n) is 4.97. The summed E-state index contributed by atoms with van der Waals surface area (Å²) in [5.41, 5.74) is 6.30. The van der Waals surface area contributed by atoms with Crippen LogP contribution in [0.4, 0.5) is 5.69 Å². The molecule has 6 nitrogen and oxygen atoms in total. The van der Waals surface area contributed by atoms with Crippen LogP contribution in [0.15, 0.2) is 48.5 Å². The molecule has 130 valence electrons. The highest BCUT2D eigenvalue weighted by atomic mass is 35.5. The predicted octanol–water partition coefficient (Wildman–Crippen LogP) is 2.86. The van der Waals surface area contributed by atoms with E-state index in [0.717, 1.165) is 5.56 Å². The molecule has 0 saturated heterocycles. The zero-order valence-corrected chi connectivity index (χ0v) is 14.2. The molecule has 3 N–H and O–H groups in total. The molecule has 0 aliphatic rings. The number of para-hydroxylation sites is 1. The fourth-order valence-corrected chi connectivity index (χ4v) is 2.15. The Kier molecular flexibility index (Phi) is 6.42. The van der Waals surface area contributed by atoms with Gasteiger partial charge in [0.15, 0.2) is 18.1 Å². The largest absolute Gasteiger partial charge is 0.493 e. The van der Waals surface area contributed by atoms with Crippen LogP contribution in [0.1, 0.15) is 5.56 Å². The first-order chi connectivity index (χ1) is 12.0. The molecule has 0 bridgehead atoms. The SMILES string of the molecule is COc1cc(/C=C/C(=O)Nc2ccccc2Cl)ccc1OCC(N)=O. The predicted molar refractivity (Wildman–Crippen MR) is 96.8 cm³/mol. The number of methoxy groups -OCH3 is 1. The van der Waals surface area contributed by atoms with Gasteiger partial charge in [0.1, 0.15) is 0 Å². The molecule has 2 rings (SSSR count). The molecule has 0 aliphatic carbocycles. The van der Waals surface area contributed by atoms with E-state index in [0.29, 0.717) is 22.2 Å². The highest BCUT2D eigenvalue weighted by molar-refractivity contribution is 6.33. The van der Waals surface area contributed by atoms with E-state index < -0.39 is 5.91 Å². The summed E-state index contributed by atoms with van der Waals surface area (Å²) in [5.74, 6) is -0.0859. The molecule has 0 saturated carbocycles. The molecule has 2 aromatic rings. The molecule has 7 heteroatoms. The van der Waals surface area contributed by atoms with E-state index in [1.54, 1.807) is 48.5 Å². The van der Waals surface area contributed by atoms with Crippen LogP contribution in [0.3, 0.4) is 0 Å². The van der Waals surface area contributed by atoms with Gasteiger partial charge in [-0.1, -0.05) is 29.8 Å². The Morgan fingerprint density at radius 3 is 2.64 bits per heavy atom. The Morgan fingerprint density at radius 2 is 1.96 bits per heavy atom. The van der Waals surface area contributed by atoms with Crippen LogP contribution < -0.4 is 20.5 Å². The molecule has 0 spiro atoms. The summed E-state index contributed by atoms with van der Waals surface area (Å²) in [7, 11) is 1.48. The number of hydrogen-bond acceptors (Lipinski definition) is 4. The highest BCUT2D eigenvalue weighted by Crippen LogP contribution is 2.28. The Balaban J connectivity index is 2.06. The van der Waals surface area contributed by atoms with E-state index in [9.17, 15) is 9.59 Å². The first-order valence-corrected chi connectivity index (χ1v) is 7.70. The zero-order chi connectivity index (χ0) is 18.2. The number of primary amides is 1. The van der Waals surface area contributed by atoms with Crippen molar-refractivity contribution >= 4 is 35.2 Å². The molecule has 25 heavy (non-hydrogen) atoms. The van der Waals surface area contributed by atoms with Gasteiger partial charge in [0.25, 0.3) is 5.91 Å². The summed E-state index contributed by atoms with van der Waals surface area (Å²) in [5, 5.41) is 3.15. The van der Waals surface area contributed by atoms with Crippen LogP contribution in [-0.4, -0.2) is 25.5 Å². The number of benzene rings is 2. The second kappa shape index (κ2) is 8.75. The Bertz CT molecular complexity index is 805. The van der Waals surface area contributed by atoms with Crippen LogP contribution >= 0.6 is 11.6 Å². The minimum atomic E-state index is -0.581. The van der Waals surface area contributed by atoms with Crippen LogP contribution in [0, 0.1) is 0 Å². The molecule has 2 amide bonds. The van der Waals surface area contributed by atoms with Gasteiger partial charge in [-0.25, -0.2) is 0 Å². The van der Waals surface area contributed by atoms with Crippen LogP contribution in [0.2, 0.25) is 5.02 Å². The lowest BCUT2D eigenvalue weighted by Crippen LogP contribution is -2.20. The summed E-state index contributed by atoms with van der Waals surface area (Å²) in [4.78, 5) is 22.8. The summed E-state index contributed by atoms with van der Waals surface area (Å²) in [6, 6.07) is 12.0. The maximum absolute atomic E-state index is 12.0. The topological polar surface area (TPSA) is 90.7 Å². The molecular weight excluding hydrogens is 344 g/mol. The number of anilines is 1. The highest BCUT2D eigenvalue weighted by Gasteiger charge is 2.07. The van der Waals surface area contributed by atoms with E-state index in [1.165, 1.54) is 13.2 Å². The quantitative estimate of drug-likeness (QED) is 0.743.